The molecule has 2 atom stereocenters. The molecule has 16 heavy (non-hydrogen) atoms. The number of halogens is 4. The minimum atomic E-state index is -4.02. The molecule has 96 valence electrons. The van der Waals surface area contributed by atoms with Crippen molar-refractivity contribution in [1.82, 2.24) is 4.90 Å². The molecule has 0 amide bonds. The molecule has 1 nitrogen and oxygen atoms in total. The average molecular weight is 348 g/mol. The normalized spacial score (nSPS) is 24.1. The first-order chi connectivity index (χ1) is 7.43. The molecule has 0 N–H and O–H groups in total. The van der Waals surface area contributed by atoms with Crippen LogP contribution in [0.1, 0.15) is 26.7 Å². The van der Waals surface area contributed by atoms with E-state index in [0.29, 0.717) is 10.5 Å². The summed E-state index contributed by atoms with van der Waals surface area (Å²) < 4.78 is 36.7. The van der Waals surface area contributed by atoms with Gasteiger partial charge in [-0.05, 0) is 0 Å². The fraction of sp³-hybridized carbons (Fsp3) is 0.818. The van der Waals surface area contributed by atoms with Gasteiger partial charge in [-0.3, -0.25) is 0 Å². The zero-order chi connectivity index (χ0) is 12.2. The van der Waals surface area contributed by atoms with Crippen molar-refractivity contribution in [3.8, 4) is 0 Å². The van der Waals surface area contributed by atoms with Gasteiger partial charge < -0.3 is 0 Å². The molecular weight excluding hydrogens is 330 g/mol. The van der Waals surface area contributed by atoms with E-state index in [1.54, 1.807) is 6.20 Å². The fourth-order valence-electron chi connectivity index (χ4n) is 1.74. The van der Waals surface area contributed by atoms with Gasteiger partial charge in [0.15, 0.2) is 0 Å². The molecule has 5 heteroatoms. The zero-order valence-corrected chi connectivity index (χ0v) is 11.8. The van der Waals surface area contributed by atoms with Crippen molar-refractivity contribution in [3.05, 3.63) is 12.3 Å². The Balaban J connectivity index is 2.40. The molecule has 1 heterocycles. The first-order valence-corrected chi connectivity index (χ1v) is 8.27. The van der Waals surface area contributed by atoms with Crippen LogP contribution in [-0.4, -0.2) is 26.1 Å². The summed E-state index contributed by atoms with van der Waals surface area (Å²) in [5, 5.41) is 0. The van der Waals surface area contributed by atoms with Crippen molar-refractivity contribution in [2.45, 2.75) is 36.8 Å². The van der Waals surface area contributed by atoms with Gasteiger partial charge in [0.1, 0.15) is 0 Å². The zero-order valence-electron chi connectivity index (χ0n) is 9.60. The van der Waals surface area contributed by atoms with Gasteiger partial charge in [0.25, 0.3) is 0 Å². The third kappa shape index (κ3) is 4.51. The molecule has 0 fully saturated rings. The Kier molecular flexibility index (Phi) is 5.40. The van der Waals surface area contributed by atoms with Gasteiger partial charge in [-0.2, -0.15) is 0 Å². The van der Waals surface area contributed by atoms with Crippen LogP contribution in [0, 0.1) is 5.92 Å². The van der Waals surface area contributed by atoms with Crippen LogP contribution in [0.2, 0.25) is 0 Å². The summed E-state index contributed by atoms with van der Waals surface area (Å²) >= 11 is -0.809. The summed E-state index contributed by atoms with van der Waals surface area (Å²) in [4.78, 5) is 2.05. The van der Waals surface area contributed by atoms with Crippen molar-refractivity contribution in [3.63, 3.8) is 0 Å². The Bertz CT molecular complexity index is 240. The van der Waals surface area contributed by atoms with Crippen molar-refractivity contribution < 1.29 is 34.4 Å². The van der Waals surface area contributed by atoms with E-state index in [0.717, 1.165) is 19.4 Å². The van der Waals surface area contributed by atoms with E-state index < -0.39 is 31.3 Å². The maximum absolute atomic E-state index is 12.4. The predicted molar refractivity (Wildman–Crippen MR) is 54.6 cm³/mol. The second-order valence-corrected chi connectivity index (χ2v) is 7.13. The van der Waals surface area contributed by atoms with Gasteiger partial charge in [0.2, 0.25) is 0 Å². The SMILES string of the molecule is CCC[C@H](C)CN1C=C[C@H](C(F)(F)F)[I-]C1. The molecule has 0 aromatic rings. The first-order valence-electron chi connectivity index (χ1n) is 5.50. The topological polar surface area (TPSA) is 3.24 Å². The van der Waals surface area contributed by atoms with Gasteiger partial charge in [0.05, 0.1) is 0 Å². The van der Waals surface area contributed by atoms with E-state index in [9.17, 15) is 13.2 Å². The van der Waals surface area contributed by atoms with Crippen molar-refractivity contribution in [2.75, 3.05) is 11.1 Å². The maximum atomic E-state index is 12.4. The summed E-state index contributed by atoms with van der Waals surface area (Å²) in [7, 11) is 0. The number of rotatable bonds is 4. The first kappa shape index (κ1) is 14.1. The minimum absolute atomic E-state index is 0.570. The Morgan fingerprint density at radius 2 is 2.19 bits per heavy atom. The molecule has 0 bridgehead atoms. The van der Waals surface area contributed by atoms with Crippen LogP contribution in [0.4, 0.5) is 13.2 Å². The van der Waals surface area contributed by atoms with Crippen LogP contribution >= 0.6 is 0 Å². The quantitative estimate of drug-likeness (QED) is 0.400. The van der Waals surface area contributed by atoms with E-state index in [2.05, 4.69) is 18.7 Å². The number of allylic oxidation sites excluding steroid dienone is 1. The molecule has 0 unspecified atom stereocenters. The number of alkyl halides is 5. The van der Waals surface area contributed by atoms with Crippen LogP contribution < -0.4 is 21.2 Å². The van der Waals surface area contributed by atoms with Gasteiger partial charge in [-0.25, -0.2) is 0 Å². The molecule has 0 aromatic heterocycles. The van der Waals surface area contributed by atoms with Crippen molar-refractivity contribution >= 4 is 0 Å². The monoisotopic (exact) mass is 348 g/mol. The fourth-order valence-corrected chi connectivity index (χ4v) is 4.16. The molecule has 0 saturated heterocycles. The molecule has 0 spiro atoms. The molecule has 1 rings (SSSR count). The Hall–Kier alpha value is 0.0600. The Morgan fingerprint density at radius 1 is 1.50 bits per heavy atom. The van der Waals surface area contributed by atoms with Crippen LogP contribution in [0.25, 0.3) is 0 Å². The van der Waals surface area contributed by atoms with E-state index in [1.807, 2.05) is 0 Å². The second kappa shape index (κ2) is 6.12. The summed E-state index contributed by atoms with van der Waals surface area (Å²) in [6, 6.07) is 0. The van der Waals surface area contributed by atoms with Crippen molar-refractivity contribution in [2.24, 2.45) is 5.92 Å². The van der Waals surface area contributed by atoms with Crippen molar-refractivity contribution in [1.29, 1.82) is 0 Å². The van der Waals surface area contributed by atoms with E-state index >= 15 is 0 Å². The van der Waals surface area contributed by atoms with Crippen LogP contribution in [0.5, 0.6) is 0 Å². The third-order valence-electron chi connectivity index (χ3n) is 2.49. The third-order valence-corrected chi connectivity index (χ3v) is 5.84. The Labute approximate surface area is 105 Å². The molecule has 0 radical (unpaired) electrons. The molecule has 1 aliphatic heterocycles. The van der Waals surface area contributed by atoms with E-state index in [1.165, 1.54) is 6.08 Å². The average Bonchev–Trinajstić information content (AvgIpc) is 2.17. The van der Waals surface area contributed by atoms with Crippen LogP contribution in [0.15, 0.2) is 12.3 Å². The summed E-state index contributed by atoms with van der Waals surface area (Å²) in [5.41, 5.74) is 0. The summed E-state index contributed by atoms with van der Waals surface area (Å²) in [6.45, 7) is 5.19. The van der Waals surface area contributed by atoms with E-state index in [4.69, 9.17) is 0 Å². The van der Waals surface area contributed by atoms with Gasteiger partial charge in [-0.15, -0.1) is 0 Å². The van der Waals surface area contributed by atoms with Gasteiger partial charge in [-0.1, -0.05) is 0 Å². The molecule has 0 aromatic carbocycles. The van der Waals surface area contributed by atoms with E-state index in [-0.39, 0.29) is 0 Å². The number of nitrogens with zero attached hydrogens (tertiary/aromatic N) is 1. The molecular formula is C11H18F3IN-. The molecule has 0 saturated carbocycles. The number of hydrogen-bond acceptors (Lipinski definition) is 1. The standard InChI is InChI=1S/C11H18F3IN/c1-3-4-9(2)7-16-6-5-10(15-8-16)11(12,13)14/h5-6,9-10H,3-4,7-8H2,1-2H3/q-1/t9-,10+/m0/s1. The molecule has 0 aliphatic carbocycles. The number of hydrogen-bond donors (Lipinski definition) is 0. The summed E-state index contributed by atoms with van der Waals surface area (Å²) in [6.07, 6.45) is 1.25. The summed E-state index contributed by atoms with van der Waals surface area (Å²) in [5.74, 6) is 0.570. The predicted octanol–water partition coefficient (Wildman–Crippen LogP) is 0.229. The van der Waals surface area contributed by atoms with Gasteiger partial charge in [0, 0.05) is 0 Å². The van der Waals surface area contributed by atoms with Crippen LogP contribution in [0.3, 0.4) is 0 Å². The van der Waals surface area contributed by atoms with Gasteiger partial charge >= 0.3 is 105 Å². The van der Waals surface area contributed by atoms with Crippen LogP contribution in [-0.2, 0) is 0 Å². The Morgan fingerprint density at radius 3 is 2.62 bits per heavy atom. The second-order valence-electron chi connectivity index (χ2n) is 4.22. The molecule has 1 aliphatic rings.